The normalized spacial score (nSPS) is 28.2. The largest absolute Gasteiger partial charge is 0.461 e. The second kappa shape index (κ2) is 7.52. The van der Waals surface area contributed by atoms with Crippen molar-refractivity contribution in [3.63, 3.8) is 0 Å². The molecule has 0 spiro atoms. The van der Waals surface area contributed by atoms with Crippen molar-refractivity contribution in [2.45, 2.75) is 44.4 Å². The lowest BCUT2D eigenvalue weighted by Gasteiger charge is -2.43. The van der Waals surface area contributed by atoms with Crippen LogP contribution in [0.15, 0.2) is 36.4 Å². The zero-order valence-electron chi connectivity index (χ0n) is 15.0. The number of benzene rings is 2. The monoisotopic (exact) mass is 380 g/mol. The fourth-order valence-electron chi connectivity index (χ4n) is 3.07. The van der Waals surface area contributed by atoms with Crippen molar-refractivity contribution in [3.05, 3.63) is 53.6 Å². The lowest BCUT2D eigenvalue weighted by molar-refractivity contribution is -0.283. The molecule has 1 aliphatic rings. The van der Waals surface area contributed by atoms with Gasteiger partial charge in [-0.3, -0.25) is 0 Å². The molecule has 146 valence electrons. The van der Waals surface area contributed by atoms with Gasteiger partial charge in [-0.2, -0.15) is 0 Å². The molecule has 3 N–H and O–H groups in total. The molecule has 0 amide bonds. The van der Waals surface area contributed by atoms with E-state index in [0.29, 0.717) is 22.4 Å². The van der Waals surface area contributed by atoms with Gasteiger partial charge in [-0.05, 0) is 54.8 Å². The van der Waals surface area contributed by atoms with E-state index < -0.39 is 35.7 Å². The minimum atomic E-state index is -1.66. The van der Waals surface area contributed by atoms with Gasteiger partial charge in [-0.15, -0.1) is 0 Å². The van der Waals surface area contributed by atoms with E-state index in [0.717, 1.165) is 6.07 Å². The van der Waals surface area contributed by atoms with Crippen LogP contribution in [0.25, 0.3) is 11.1 Å². The van der Waals surface area contributed by atoms with Gasteiger partial charge in [0, 0.05) is 12.5 Å². The van der Waals surface area contributed by atoms with Crippen LogP contribution in [0.2, 0.25) is 0 Å². The Kier molecular flexibility index (Phi) is 5.48. The highest BCUT2D eigenvalue weighted by Gasteiger charge is 2.48. The van der Waals surface area contributed by atoms with Crippen molar-refractivity contribution in [1.82, 2.24) is 0 Å². The highest BCUT2D eigenvalue weighted by Crippen LogP contribution is 2.33. The molecule has 1 heterocycles. The maximum absolute atomic E-state index is 13.4. The van der Waals surface area contributed by atoms with Crippen molar-refractivity contribution < 1.29 is 33.6 Å². The number of aliphatic hydroxyl groups is 3. The number of ether oxygens (including phenoxy) is 2. The fraction of sp³-hybridized carbons (Fsp3) is 0.400. The first-order valence-electron chi connectivity index (χ1n) is 8.61. The molecular formula is C20H22F2O5. The van der Waals surface area contributed by atoms with E-state index in [-0.39, 0.29) is 13.0 Å². The summed E-state index contributed by atoms with van der Waals surface area (Å²) in [5.74, 6) is -0.955. The Balaban J connectivity index is 1.85. The summed E-state index contributed by atoms with van der Waals surface area (Å²) in [6.07, 6.45) is -2.87. The van der Waals surface area contributed by atoms with Gasteiger partial charge in [0.05, 0.1) is 18.8 Å². The van der Waals surface area contributed by atoms with Crippen LogP contribution in [0, 0.1) is 18.6 Å². The minimum Gasteiger partial charge on any atom is -0.461 e. The third-order valence-corrected chi connectivity index (χ3v) is 4.76. The first-order chi connectivity index (χ1) is 12.7. The summed E-state index contributed by atoms with van der Waals surface area (Å²) < 4.78 is 38.2. The van der Waals surface area contributed by atoms with Crippen LogP contribution in [-0.2, 0) is 4.74 Å². The van der Waals surface area contributed by atoms with Crippen molar-refractivity contribution in [2.75, 3.05) is 6.61 Å². The van der Waals surface area contributed by atoms with Crippen molar-refractivity contribution >= 4 is 0 Å². The SMILES string of the molecule is Cc1cc(-c2cc(F)cc(F)c2)ccc1O[C@H]1O[C@H](CO)C[C@H](O)[C@]1(C)O. The van der Waals surface area contributed by atoms with Gasteiger partial charge in [0.15, 0.2) is 0 Å². The Morgan fingerprint density at radius 3 is 2.41 bits per heavy atom. The molecule has 0 aromatic heterocycles. The van der Waals surface area contributed by atoms with E-state index in [2.05, 4.69) is 0 Å². The lowest BCUT2D eigenvalue weighted by atomic mass is 9.90. The van der Waals surface area contributed by atoms with E-state index >= 15 is 0 Å². The minimum absolute atomic E-state index is 0.0897. The molecular weight excluding hydrogens is 358 g/mol. The van der Waals surface area contributed by atoms with E-state index in [9.17, 15) is 24.1 Å². The summed E-state index contributed by atoms with van der Waals surface area (Å²) in [6.45, 7) is 2.83. The van der Waals surface area contributed by atoms with Crippen LogP contribution < -0.4 is 4.74 Å². The zero-order valence-corrected chi connectivity index (χ0v) is 15.0. The molecule has 2 aromatic carbocycles. The molecule has 27 heavy (non-hydrogen) atoms. The zero-order chi connectivity index (χ0) is 19.8. The number of aryl methyl sites for hydroxylation is 1. The summed E-state index contributed by atoms with van der Waals surface area (Å²) in [5.41, 5.74) is -0.0264. The average Bonchev–Trinajstić information content (AvgIpc) is 2.59. The predicted octanol–water partition coefficient (Wildman–Crippen LogP) is 2.54. The first kappa shape index (κ1) is 19.7. The predicted molar refractivity (Wildman–Crippen MR) is 94.2 cm³/mol. The van der Waals surface area contributed by atoms with Crippen molar-refractivity contribution in [1.29, 1.82) is 0 Å². The van der Waals surface area contributed by atoms with Gasteiger partial charge in [-0.1, -0.05) is 6.07 Å². The summed E-state index contributed by atoms with van der Waals surface area (Å²) in [6, 6.07) is 8.20. The molecule has 1 aliphatic heterocycles. The van der Waals surface area contributed by atoms with Crippen LogP contribution in [0.3, 0.4) is 0 Å². The van der Waals surface area contributed by atoms with Gasteiger partial charge in [-0.25, -0.2) is 8.78 Å². The van der Waals surface area contributed by atoms with E-state index in [1.54, 1.807) is 25.1 Å². The highest BCUT2D eigenvalue weighted by atomic mass is 19.1. The number of hydrogen-bond donors (Lipinski definition) is 3. The Hall–Kier alpha value is -2.06. The first-order valence-corrected chi connectivity index (χ1v) is 8.61. The average molecular weight is 380 g/mol. The van der Waals surface area contributed by atoms with Gasteiger partial charge in [0.1, 0.15) is 23.0 Å². The molecule has 3 rings (SSSR count). The lowest BCUT2D eigenvalue weighted by Crippen LogP contribution is -2.60. The fourth-order valence-corrected chi connectivity index (χ4v) is 3.07. The van der Waals surface area contributed by atoms with Crippen LogP contribution in [0.5, 0.6) is 5.75 Å². The third-order valence-electron chi connectivity index (χ3n) is 4.76. The van der Waals surface area contributed by atoms with Crippen molar-refractivity contribution in [3.8, 4) is 16.9 Å². The van der Waals surface area contributed by atoms with Gasteiger partial charge in [0.25, 0.3) is 0 Å². The van der Waals surface area contributed by atoms with Crippen LogP contribution in [0.1, 0.15) is 18.9 Å². The Morgan fingerprint density at radius 1 is 1.15 bits per heavy atom. The summed E-state index contributed by atoms with van der Waals surface area (Å²) >= 11 is 0. The maximum atomic E-state index is 13.4. The molecule has 0 aliphatic carbocycles. The number of halogens is 2. The standard InChI is InChI=1S/C20H22F2O5/c1-11-5-12(13-6-14(21)8-15(22)7-13)3-4-17(11)27-19-20(2,25)18(24)9-16(10-23)26-19/h3-8,16,18-19,23-25H,9-10H2,1-2H3/t16-,18-,19+,20-/m0/s1. The summed E-state index contributed by atoms with van der Waals surface area (Å²) in [5, 5.41) is 29.9. The molecule has 5 nitrogen and oxygen atoms in total. The number of hydrogen-bond acceptors (Lipinski definition) is 5. The number of aliphatic hydroxyl groups excluding tert-OH is 2. The Labute approximate surface area is 155 Å². The van der Waals surface area contributed by atoms with E-state index in [1.165, 1.54) is 19.1 Å². The highest BCUT2D eigenvalue weighted by molar-refractivity contribution is 5.65. The smallest absolute Gasteiger partial charge is 0.231 e. The third kappa shape index (κ3) is 4.11. The molecule has 4 atom stereocenters. The van der Waals surface area contributed by atoms with Crippen LogP contribution in [0.4, 0.5) is 8.78 Å². The Morgan fingerprint density at radius 2 is 1.81 bits per heavy atom. The summed E-state index contributed by atoms with van der Waals surface area (Å²) in [4.78, 5) is 0. The molecule has 7 heteroatoms. The molecule has 1 saturated heterocycles. The Bertz CT molecular complexity index is 804. The number of rotatable bonds is 4. The van der Waals surface area contributed by atoms with Crippen LogP contribution >= 0.6 is 0 Å². The van der Waals surface area contributed by atoms with E-state index in [4.69, 9.17) is 9.47 Å². The van der Waals surface area contributed by atoms with E-state index in [1.807, 2.05) is 0 Å². The van der Waals surface area contributed by atoms with Gasteiger partial charge >= 0.3 is 0 Å². The quantitative estimate of drug-likeness (QED) is 0.760. The van der Waals surface area contributed by atoms with Crippen molar-refractivity contribution in [2.24, 2.45) is 0 Å². The van der Waals surface area contributed by atoms with Crippen LogP contribution in [-0.4, -0.2) is 46.0 Å². The molecule has 0 unspecified atom stereocenters. The van der Waals surface area contributed by atoms with Gasteiger partial charge in [0.2, 0.25) is 6.29 Å². The van der Waals surface area contributed by atoms with Gasteiger partial charge < -0.3 is 24.8 Å². The topological polar surface area (TPSA) is 79.2 Å². The molecule has 1 fully saturated rings. The summed E-state index contributed by atoms with van der Waals surface area (Å²) in [7, 11) is 0. The molecule has 0 radical (unpaired) electrons. The molecule has 2 aromatic rings. The molecule has 0 saturated carbocycles. The maximum Gasteiger partial charge on any atom is 0.231 e. The molecule has 0 bridgehead atoms. The second-order valence-corrected chi connectivity index (χ2v) is 7.01. The second-order valence-electron chi connectivity index (χ2n) is 7.01.